The highest BCUT2D eigenvalue weighted by Crippen LogP contribution is 2.33. The van der Waals surface area contributed by atoms with Crippen LogP contribution in [-0.2, 0) is 12.8 Å². The zero-order valence-electron chi connectivity index (χ0n) is 22.2. The van der Waals surface area contributed by atoms with Gasteiger partial charge in [0.1, 0.15) is 0 Å². The second-order valence-corrected chi connectivity index (χ2v) is 10.9. The Balaban J connectivity index is 1.20. The Hall–Kier alpha value is -2.76. The first-order valence-corrected chi connectivity index (χ1v) is 14.3. The van der Waals surface area contributed by atoms with Crippen molar-refractivity contribution in [1.29, 1.82) is 0 Å². The van der Waals surface area contributed by atoms with Crippen LogP contribution in [0.3, 0.4) is 0 Å². The molecule has 5 rings (SSSR count). The average Bonchev–Trinajstić information content (AvgIpc) is 2.91. The maximum Gasteiger partial charge on any atom is 0.223 e. The van der Waals surface area contributed by atoms with Crippen molar-refractivity contribution >= 4 is 22.7 Å². The zero-order chi connectivity index (χ0) is 24.7. The van der Waals surface area contributed by atoms with E-state index in [9.17, 15) is 0 Å². The summed E-state index contributed by atoms with van der Waals surface area (Å²) in [5.74, 6) is 1.49. The van der Waals surface area contributed by atoms with Gasteiger partial charge in [0.15, 0.2) is 0 Å². The minimum Gasteiger partial charge on any atom is -0.371 e. The second kappa shape index (κ2) is 12.0. The number of nitrogens with zero attached hydrogens (tertiary/aromatic N) is 5. The topological polar surface area (TPSA) is 66.8 Å². The smallest absolute Gasteiger partial charge is 0.223 e. The number of benzene rings is 1. The summed E-state index contributed by atoms with van der Waals surface area (Å²) in [7, 11) is 0. The third-order valence-corrected chi connectivity index (χ3v) is 8.18. The van der Waals surface area contributed by atoms with Crippen LogP contribution in [0.2, 0.25) is 0 Å². The van der Waals surface area contributed by atoms with E-state index < -0.39 is 0 Å². The molecule has 1 saturated carbocycles. The van der Waals surface area contributed by atoms with Crippen molar-refractivity contribution < 1.29 is 0 Å². The van der Waals surface area contributed by atoms with E-state index in [0.717, 1.165) is 48.6 Å². The van der Waals surface area contributed by atoms with Gasteiger partial charge in [0.2, 0.25) is 5.95 Å². The molecule has 0 atom stereocenters. The number of hydrogen-bond donors (Lipinski definition) is 1. The van der Waals surface area contributed by atoms with Gasteiger partial charge < -0.3 is 10.2 Å². The molecule has 0 unspecified atom stereocenters. The summed E-state index contributed by atoms with van der Waals surface area (Å²) in [6.45, 7) is 6.68. The highest BCUT2D eigenvalue weighted by atomic mass is 15.1. The van der Waals surface area contributed by atoms with Gasteiger partial charge in [0, 0.05) is 49.1 Å². The molecule has 3 aromatic rings. The quantitative estimate of drug-likeness (QED) is 0.341. The molecule has 192 valence electrons. The Morgan fingerprint density at radius 3 is 2.50 bits per heavy atom. The van der Waals surface area contributed by atoms with E-state index in [-0.39, 0.29) is 0 Å². The average molecular weight is 487 g/mol. The number of aryl methyl sites for hydroxylation is 2. The fourth-order valence-electron chi connectivity index (χ4n) is 6.00. The zero-order valence-corrected chi connectivity index (χ0v) is 22.2. The molecule has 1 saturated heterocycles. The molecule has 1 aliphatic heterocycles. The van der Waals surface area contributed by atoms with Crippen LogP contribution < -0.4 is 10.2 Å². The van der Waals surface area contributed by atoms with Gasteiger partial charge in [-0.05, 0) is 100 Å². The number of rotatable bonds is 9. The SMILES string of the molecule is CCCCCc1cnc(NC2CCC(Cc3cc(N4CCCCC4)cc4nccnc34)CC2)nc1C. The fraction of sp³-hybridized carbons (Fsp3) is 0.600. The van der Waals surface area contributed by atoms with Gasteiger partial charge in [-0.25, -0.2) is 9.97 Å². The van der Waals surface area contributed by atoms with Crippen molar-refractivity contribution in [2.24, 2.45) is 5.92 Å². The molecule has 2 aromatic heterocycles. The standard InChI is InChI=1S/C30H42N6/c1-3-4-6-9-24-21-33-30(34-22(24)2)35-26-12-10-23(11-13-26)18-25-19-27(36-16-7-5-8-17-36)20-28-29(25)32-15-14-31-28/h14-15,19-21,23,26H,3-13,16-18H2,1-2H3,(H,33,34,35). The normalized spacial score (nSPS) is 20.6. The number of hydrogen-bond acceptors (Lipinski definition) is 6. The highest BCUT2D eigenvalue weighted by molar-refractivity contribution is 5.82. The Morgan fingerprint density at radius 2 is 1.72 bits per heavy atom. The molecule has 2 aliphatic rings. The largest absolute Gasteiger partial charge is 0.371 e. The molecule has 0 bridgehead atoms. The molecule has 2 fully saturated rings. The maximum atomic E-state index is 4.78. The molecule has 6 heteroatoms. The van der Waals surface area contributed by atoms with Crippen LogP contribution in [0.4, 0.5) is 11.6 Å². The van der Waals surface area contributed by atoms with Crippen LogP contribution in [0.15, 0.2) is 30.7 Å². The first-order chi connectivity index (χ1) is 17.7. The predicted octanol–water partition coefficient (Wildman–Crippen LogP) is 6.66. The van der Waals surface area contributed by atoms with Crippen molar-refractivity contribution in [3.8, 4) is 0 Å². The van der Waals surface area contributed by atoms with E-state index in [4.69, 9.17) is 9.97 Å². The first kappa shape index (κ1) is 24.9. The summed E-state index contributed by atoms with van der Waals surface area (Å²) >= 11 is 0. The predicted molar refractivity (Wildman–Crippen MR) is 149 cm³/mol. The lowest BCUT2D eigenvalue weighted by atomic mass is 9.82. The van der Waals surface area contributed by atoms with E-state index >= 15 is 0 Å². The third-order valence-electron chi connectivity index (χ3n) is 8.18. The van der Waals surface area contributed by atoms with Crippen molar-refractivity contribution in [3.63, 3.8) is 0 Å². The van der Waals surface area contributed by atoms with E-state index in [1.54, 1.807) is 0 Å². The Morgan fingerprint density at radius 1 is 0.917 bits per heavy atom. The lowest BCUT2D eigenvalue weighted by molar-refractivity contribution is 0.336. The number of aromatic nitrogens is 4. The van der Waals surface area contributed by atoms with Crippen LogP contribution in [0, 0.1) is 12.8 Å². The molecular weight excluding hydrogens is 444 g/mol. The van der Waals surface area contributed by atoms with Gasteiger partial charge in [0.05, 0.1) is 11.0 Å². The van der Waals surface area contributed by atoms with Gasteiger partial charge >= 0.3 is 0 Å². The lowest BCUT2D eigenvalue weighted by Crippen LogP contribution is -2.29. The monoisotopic (exact) mass is 486 g/mol. The molecule has 0 spiro atoms. The molecule has 1 N–H and O–H groups in total. The van der Waals surface area contributed by atoms with Crippen LogP contribution in [0.25, 0.3) is 11.0 Å². The molecule has 36 heavy (non-hydrogen) atoms. The van der Waals surface area contributed by atoms with Crippen molar-refractivity contribution in [2.45, 2.75) is 96.9 Å². The van der Waals surface area contributed by atoms with Crippen molar-refractivity contribution in [1.82, 2.24) is 19.9 Å². The van der Waals surface area contributed by atoms with Gasteiger partial charge in [-0.2, -0.15) is 0 Å². The third kappa shape index (κ3) is 6.13. The molecular formula is C30H42N6. The lowest BCUT2D eigenvalue weighted by Gasteiger charge is -2.31. The number of fused-ring (bicyclic) bond motifs is 1. The number of nitrogens with one attached hydrogen (secondary N) is 1. The summed E-state index contributed by atoms with van der Waals surface area (Å²) < 4.78 is 0. The second-order valence-electron chi connectivity index (χ2n) is 10.9. The molecule has 6 nitrogen and oxygen atoms in total. The number of unbranched alkanes of at least 4 members (excludes halogenated alkanes) is 2. The van der Waals surface area contributed by atoms with Gasteiger partial charge in [-0.15, -0.1) is 0 Å². The Bertz CT molecular complexity index is 1130. The van der Waals surface area contributed by atoms with Crippen LogP contribution in [0.5, 0.6) is 0 Å². The minimum absolute atomic E-state index is 0.461. The van der Waals surface area contributed by atoms with E-state index in [2.05, 4.69) is 46.2 Å². The first-order valence-electron chi connectivity index (χ1n) is 14.3. The molecule has 1 aromatic carbocycles. The summed E-state index contributed by atoms with van der Waals surface area (Å²) in [6.07, 6.45) is 20.3. The Kier molecular flexibility index (Phi) is 8.29. The Labute approximate surface area is 216 Å². The maximum absolute atomic E-state index is 4.78. The highest BCUT2D eigenvalue weighted by Gasteiger charge is 2.24. The van der Waals surface area contributed by atoms with E-state index in [1.165, 1.54) is 81.0 Å². The number of anilines is 2. The molecule has 0 radical (unpaired) electrons. The summed E-state index contributed by atoms with van der Waals surface area (Å²) in [5, 5.41) is 3.63. The minimum atomic E-state index is 0.461. The summed E-state index contributed by atoms with van der Waals surface area (Å²) in [4.78, 5) is 21.4. The van der Waals surface area contributed by atoms with E-state index in [1.807, 2.05) is 18.6 Å². The van der Waals surface area contributed by atoms with Gasteiger partial charge in [0.25, 0.3) is 0 Å². The van der Waals surface area contributed by atoms with Crippen LogP contribution in [0.1, 0.15) is 88.0 Å². The number of piperidine rings is 1. The fourth-order valence-corrected chi connectivity index (χ4v) is 6.00. The summed E-state index contributed by atoms with van der Waals surface area (Å²) in [6, 6.07) is 5.11. The van der Waals surface area contributed by atoms with Crippen LogP contribution in [-0.4, -0.2) is 39.1 Å². The van der Waals surface area contributed by atoms with Crippen LogP contribution >= 0.6 is 0 Å². The van der Waals surface area contributed by atoms with Gasteiger partial charge in [-0.3, -0.25) is 9.97 Å². The molecule has 0 amide bonds. The molecule has 3 heterocycles. The van der Waals surface area contributed by atoms with Crippen molar-refractivity contribution in [3.05, 3.63) is 47.5 Å². The van der Waals surface area contributed by atoms with Crippen molar-refractivity contribution in [2.75, 3.05) is 23.3 Å². The van der Waals surface area contributed by atoms with Gasteiger partial charge in [-0.1, -0.05) is 19.8 Å². The summed E-state index contributed by atoms with van der Waals surface area (Å²) in [5.41, 5.74) is 7.24. The molecule has 1 aliphatic carbocycles. The van der Waals surface area contributed by atoms with E-state index in [0.29, 0.717) is 12.0 Å².